The fraction of sp³-hybridized carbons (Fsp3) is 0.444. The van der Waals surface area contributed by atoms with Crippen LogP contribution in [0.15, 0.2) is 77.7 Å². The zero-order valence-electron chi connectivity index (χ0n) is 28.3. The number of carbonyl (C=O) groups excluding carboxylic acids is 2. The van der Waals surface area contributed by atoms with Gasteiger partial charge in [0, 0.05) is 43.9 Å². The Labute approximate surface area is 283 Å². The maximum Gasteiger partial charge on any atom is 0.261 e. The van der Waals surface area contributed by atoms with Crippen molar-refractivity contribution in [2.24, 2.45) is 5.92 Å². The topological polar surface area (TPSA) is 135 Å². The fourth-order valence-electron chi connectivity index (χ4n) is 5.57. The van der Waals surface area contributed by atoms with Crippen LogP contribution in [-0.2, 0) is 14.8 Å². The molecule has 0 fully saturated rings. The van der Waals surface area contributed by atoms with Crippen LogP contribution in [0.4, 0.5) is 5.69 Å². The summed E-state index contributed by atoms with van der Waals surface area (Å²) in [6, 6.07) is 19.1. The number of ether oxygens (including phenoxy) is 3. The van der Waals surface area contributed by atoms with Crippen molar-refractivity contribution < 1.29 is 37.3 Å². The normalized spacial score (nSPS) is 20.1. The molecule has 0 aliphatic carbocycles. The van der Waals surface area contributed by atoms with Gasteiger partial charge in [0.1, 0.15) is 11.5 Å². The predicted octanol–water partition coefficient (Wildman–Crippen LogP) is 5.06. The number of nitrogens with zero attached hydrogens (tertiary/aromatic N) is 2. The van der Waals surface area contributed by atoms with E-state index in [1.54, 1.807) is 60.2 Å². The van der Waals surface area contributed by atoms with Crippen molar-refractivity contribution in [2.45, 2.75) is 63.2 Å². The fourth-order valence-corrected chi connectivity index (χ4v) is 6.62. The first-order chi connectivity index (χ1) is 22.9. The summed E-state index contributed by atoms with van der Waals surface area (Å²) in [5.74, 6) is 0.0387. The molecule has 4 rings (SSSR count). The van der Waals surface area contributed by atoms with Gasteiger partial charge < -0.3 is 29.1 Å². The van der Waals surface area contributed by atoms with Crippen molar-refractivity contribution in [3.63, 3.8) is 0 Å². The average molecular weight is 682 g/mol. The second kappa shape index (κ2) is 16.8. The summed E-state index contributed by atoms with van der Waals surface area (Å²) in [6.45, 7) is 6.31. The molecule has 1 heterocycles. The van der Waals surface area contributed by atoms with Crippen LogP contribution < -0.4 is 14.2 Å². The van der Waals surface area contributed by atoms with Crippen molar-refractivity contribution in [1.29, 1.82) is 0 Å². The van der Waals surface area contributed by atoms with Gasteiger partial charge in [-0.3, -0.25) is 14.3 Å². The van der Waals surface area contributed by atoms with Crippen molar-refractivity contribution in [3.8, 4) is 11.5 Å². The van der Waals surface area contributed by atoms with Gasteiger partial charge in [-0.15, -0.1) is 0 Å². The van der Waals surface area contributed by atoms with Gasteiger partial charge in [0.05, 0.1) is 42.4 Å². The molecule has 4 atom stereocenters. The van der Waals surface area contributed by atoms with E-state index in [0.717, 1.165) is 12.8 Å². The van der Waals surface area contributed by atoms with Gasteiger partial charge in [0.15, 0.2) is 0 Å². The molecule has 0 bridgehead atoms. The van der Waals surface area contributed by atoms with Crippen LogP contribution in [0, 0.1) is 5.92 Å². The molecule has 0 radical (unpaired) electrons. The number of aliphatic hydroxyl groups is 1. The van der Waals surface area contributed by atoms with Crippen LogP contribution >= 0.6 is 0 Å². The zero-order chi connectivity index (χ0) is 34.8. The predicted molar refractivity (Wildman–Crippen MR) is 184 cm³/mol. The standard InChI is InChI=1S/C36H47N3O8S/c1-25-22-39(26(2)24-40)36(42)32-21-29(37-48(43,44)31-17-15-30(45-5)16-18-31)14-19-33(32)47-27(3)11-9-10-20-46-34(25)23-38(4)35(41)28-12-7-6-8-13-28/h6-8,12-19,21,25-27,34,37,40H,9-11,20,22-24H2,1-5H3/t25-,26+,27-,34+/m0/s1. The first-order valence-electron chi connectivity index (χ1n) is 16.2. The minimum Gasteiger partial charge on any atom is -0.497 e. The summed E-state index contributed by atoms with van der Waals surface area (Å²) >= 11 is 0. The number of carbonyl (C=O) groups is 2. The van der Waals surface area contributed by atoms with Gasteiger partial charge in [-0.05, 0) is 87.7 Å². The third kappa shape index (κ3) is 9.48. The maximum absolute atomic E-state index is 14.4. The number of sulfonamides is 1. The van der Waals surface area contributed by atoms with E-state index in [0.29, 0.717) is 36.6 Å². The van der Waals surface area contributed by atoms with E-state index in [1.165, 1.54) is 25.3 Å². The molecule has 48 heavy (non-hydrogen) atoms. The van der Waals surface area contributed by atoms with Gasteiger partial charge in [-0.25, -0.2) is 8.42 Å². The van der Waals surface area contributed by atoms with Gasteiger partial charge in [-0.2, -0.15) is 0 Å². The van der Waals surface area contributed by atoms with Crippen molar-refractivity contribution in [1.82, 2.24) is 9.80 Å². The lowest BCUT2D eigenvalue weighted by atomic mass is 10.0. The Hall–Kier alpha value is -4.13. The molecular formula is C36H47N3O8S. The highest BCUT2D eigenvalue weighted by molar-refractivity contribution is 7.92. The molecule has 0 spiro atoms. The van der Waals surface area contributed by atoms with E-state index in [4.69, 9.17) is 14.2 Å². The number of benzene rings is 3. The third-order valence-corrected chi connectivity index (χ3v) is 9.89. The SMILES string of the molecule is COc1ccc(S(=O)(=O)Nc2ccc3c(c2)C(=O)N([C@H](C)CO)C[C@H](C)[C@@H](CN(C)C(=O)c2ccccc2)OCCCC[C@H](C)O3)cc1. The molecule has 1 aliphatic rings. The van der Waals surface area contributed by atoms with E-state index in [-0.39, 0.29) is 47.2 Å². The molecule has 3 aromatic rings. The molecule has 2 amide bonds. The van der Waals surface area contributed by atoms with E-state index in [9.17, 15) is 23.1 Å². The molecule has 12 heteroatoms. The molecule has 11 nitrogen and oxygen atoms in total. The van der Waals surface area contributed by atoms with Gasteiger partial charge in [0.25, 0.3) is 21.8 Å². The Morgan fingerprint density at radius 2 is 1.79 bits per heavy atom. The monoisotopic (exact) mass is 681 g/mol. The van der Waals surface area contributed by atoms with Crippen LogP contribution in [0.5, 0.6) is 11.5 Å². The summed E-state index contributed by atoms with van der Waals surface area (Å²) in [4.78, 5) is 30.8. The van der Waals surface area contributed by atoms with E-state index < -0.39 is 28.1 Å². The smallest absolute Gasteiger partial charge is 0.261 e. The molecule has 0 saturated carbocycles. The number of aliphatic hydroxyl groups excluding tert-OH is 1. The number of amides is 2. The van der Waals surface area contributed by atoms with Crippen LogP contribution in [0.2, 0.25) is 0 Å². The molecule has 0 aromatic heterocycles. The largest absolute Gasteiger partial charge is 0.497 e. The first-order valence-corrected chi connectivity index (χ1v) is 17.7. The minimum absolute atomic E-state index is 0.0330. The lowest BCUT2D eigenvalue weighted by Gasteiger charge is -2.36. The first kappa shape index (κ1) is 36.7. The molecule has 2 N–H and O–H groups in total. The number of anilines is 1. The average Bonchev–Trinajstić information content (AvgIpc) is 3.09. The van der Waals surface area contributed by atoms with E-state index >= 15 is 0 Å². The van der Waals surface area contributed by atoms with Gasteiger partial charge >= 0.3 is 0 Å². The summed E-state index contributed by atoms with van der Waals surface area (Å²) < 4.78 is 46.8. The summed E-state index contributed by atoms with van der Waals surface area (Å²) in [5, 5.41) is 10.2. The Morgan fingerprint density at radius 1 is 1.08 bits per heavy atom. The molecule has 0 unspecified atom stereocenters. The molecule has 260 valence electrons. The van der Waals surface area contributed by atoms with E-state index in [2.05, 4.69) is 4.72 Å². The summed E-state index contributed by atoms with van der Waals surface area (Å²) in [7, 11) is -0.758. The molecule has 3 aromatic carbocycles. The molecule has 1 aliphatic heterocycles. The Kier molecular flexibility index (Phi) is 12.9. The second-order valence-corrected chi connectivity index (χ2v) is 14.0. The summed E-state index contributed by atoms with van der Waals surface area (Å²) in [5.41, 5.74) is 0.917. The van der Waals surface area contributed by atoms with Crippen molar-refractivity contribution >= 4 is 27.5 Å². The lowest BCUT2D eigenvalue weighted by Crippen LogP contribution is -2.48. The second-order valence-electron chi connectivity index (χ2n) is 12.3. The van der Waals surface area contributed by atoms with Crippen LogP contribution in [0.1, 0.15) is 60.7 Å². The number of rotatable bonds is 9. The highest BCUT2D eigenvalue weighted by Gasteiger charge is 2.31. The highest BCUT2D eigenvalue weighted by Crippen LogP contribution is 2.30. The van der Waals surface area contributed by atoms with Crippen molar-refractivity contribution in [3.05, 3.63) is 83.9 Å². The zero-order valence-corrected chi connectivity index (χ0v) is 29.1. The molecule has 0 saturated heterocycles. The van der Waals surface area contributed by atoms with Crippen LogP contribution in [0.3, 0.4) is 0 Å². The number of methoxy groups -OCH3 is 1. The maximum atomic E-state index is 14.4. The van der Waals surface area contributed by atoms with Crippen molar-refractivity contribution in [2.75, 3.05) is 45.2 Å². The quantitative estimate of drug-likeness (QED) is 0.320. The number of fused-ring (bicyclic) bond motifs is 1. The lowest BCUT2D eigenvalue weighted by molar-refractivity contribution is -0.0149. The van der Waals surface area contributed by atoms with E-state index in [1.807, 2.05) is 32.0 Å². The van der Waals surface area contributed by atoms with Crippen LogP contribution in [-0.4, -0.2) is 93.8 Å². The Morgan fingerprint density at radius 3 is 2.46 bits per heavy atom. The summed E-state index contributed by atoms with van der Waals surface area (Å²) in [6.07, 6.45) is 1.66. The number of nitrogens with one attached hydrogen (secondary N) is 1. The highest BCUT2D eigenvalue weighted by atomic mass is 32.2. The van der Waals surface area contributed by atoms with Crippen LogP contribution in [0.25, 0.3) is 0 Å². The van der Waals surface area contributed by atoms with Gasteiger partial charge in [-0.1, -0.05) is 25.1 Å². The number of likely N-dealkylation sites (N-methyl/N-ethyl adjacent to an activating group) is 1. The number of hydrogen-bond acceptors (Lipinski definition) is 8. The third-order valence-electron chi connectivity index (χ3n) is 8.49. The Bertz CT molecular complexity index is 1620. The minimum atomic E-state index is -3.99. The number of hydrogen-bond donors (Lipinski definition) is 2. The molecular weight excluding hydrogens is 634 g/mol. The Balaban J connectivity index is 1.65. The van der Waals surface area contributed by atoms with Gasteiger partial charge in [0.2, 0.25) is 0 Å².